The van der Waals surface area contributed by atoms with E-state index in [1.165, 1.54) is 18.6 Å². The summed E-state index contributed by atoms with van der Waals surface area (Å²) in [7, 11) is 0. The quantitative estimate of drug-likeness (QED) is 0.640. The molecule has 0 saturated carbocycles. The van der Waals surface area contributed by atoms with E-state index >= 15 is 0 Å². The summed E-state index contributed by atoms with van der Waals surface area (Å²) >= 11 is 0. The van der Waals surface area contributed by atoms with Crippen LogP contribution < -0.4 is 5.43 Å². The maximum Gasteiger partial charge on any atom is 0.291 e. The minimum atomic E-state index is -0.425. The van der Waals surface area contributed by atoms with Crippen LogP contribution in [-0.4, -0.2) is 26.7 Å². The zero-order valence-electron chi connectivity index (χ0n) is 10.2. The van der Waals surface area contributed by atoms with Crippen LogP contribution in [0.2, 0.25) is 0 Å². The molecule has 0 bridgehead atoms. The van der Waals surface area contributed by atoms with E-state index < -0.39 is 5.91 Å². The Kier molecular flexibility index (Phi) is 3.82. The fourth-order valence-corrected chi connectivity index (χ4v) is 1.38. The van der Waals surface area contributed by atoms with E-state index in [1.807, 2.05) is 0 Å². The van der Waals surface area contributed by atoms with Crippen molar-refractivity contribution in [2.45, 2.75) is 6.92 Å². The van der Waals surface area contributed by atoms with Gasteiger partial charge in [0.25, 0.3) is 5.91 Å². The molecule has 0 aliphatic carbocycles. The summed E-state index contributed by atoms with van der Waals surface area (Å²) < 4.78 is 0. The highest BCUT2D eigenvalue weighted by Gasteiger charge is 2.05. The first-order chi connectivity index (χ1) is 9.16. The number of nitrogens with one attached hydrogen (secondary N) is 1. The van der Waals surface area contributed by atoms with Gasteiger partial charge in [-0.15, -0.1) is 0 Å². The molecule has 0 unspecified atom stereocenters. The van der Waals surface area contributed by atoms with Crippen LogP contribution in [0.4, 0.5) is 0 Å². The zero-order chi connectivity index (χ0) is 13.7. The van der Waals surface area contributed by atoms with Crippen LogP contribution in [0.5, 0.6) is 5.75 Å². The molecule has 2 aromatic rings. The molecule has 0 aliphatic rings. The summed E-state index contributed by atoms with van der Waals surface area (Å²) in [5.41, 5.74) is 4.02. The second kappa shape index (κ2) is 5.72. The van der Waals surface area contributed by atoms with Crippen molar-refractivity contribution < 1.29 is 9.90 Å². The highest BCUT2D eigenvalue weighted by Crippen LogP contribution is 2.10. The Bertz CT molecular complexity index is 594. The van der Waals surface area contributed by atoms with Gasteiger partial charge in [0.15, 0.2) is 0 Å². The van der Waals surface area contributed by atoms with Crippen LogP contribution in [-0.2, 0) is 0 Å². The number of amides is 1. The number of aromatic nitrogens is 2. The van der Waals surface area contributed by atoms with Gasteiger partial charge in [0.2, 0.25) is 0 Å². The molecular weight excluding hydrogens is 244 g/mol. The molecule has 0 spiro atoms. The van der Waals surface area contributed by atoms with E-state index in [4.69, 9.17) is 0 Å². The molecule has 0 radical (unpaired) electrons. The average molecular weight is 256 g/mol. The Balaban J connectivity index is 2.06. The van der Waals surface area contributed by atoms with Crippen LogP contribution in [0, 0.1) is 0 Å². The molecule has 6 nitrogen and oxygen atoms in total. The highest BCUT2D eigenvalue weighted by molar-refractivity contribution is 6.00. The number of phenols is 1. The minimum absolute atomic E-state index is 0.181. The van der Waals surface area contributed by atoms with Gasteiger partial charge in [-0.3, -0.25) is 9.78 Å². The van der Waals surface area contributed by atoms with Gasteiger partial charge in [-0.2, -0.15) is 5.10 Å². The number of carbonyl (C=O) groups excluding carboxylic acids is 1. The van der Waals surface area contributed by atoms with E-state index in [1.54, 1.807) is 31.2 Å². The largest absolute Gasteiger partial charge is 0.508 e. The fourth-order valence-electron chi connectivity index (χ4n) is 1.38. The normalized spacial score (nSPS) is 11.1. The van der Waals surface area contributed by atoms with Crippen molar-refractivity contribution in [1.29, 1.82) is 0 Å². The number of hydrogen-bond donors (Lipinski definition) is 2. The monoisotopic (exact) mass is 256 g/mol. The molecule has 1 amide bonds. The first kappa shape index (κ1) is 12.7. The minimum Gasteiger partial charge on any atom is -0.508 e. The predicted octanol–water partition coefficient (Wildman–Crippen LogP) is 1.34. The lowest BCUT2D eigenvalue weighted by Gasteiger charge is -2.02. The average Bonchev–Trinajstić information content (AvgIpc) is 2.46. The SMILES string of the molecule is C/C(=N/NC(=O)c1cnccn1)c1ccc(O)cc1. The van der Waals surface area contributed by atoms with Crippen molar-refractivity contribution in [2.75, 3.05) is 0 Å². The van der Waals surface area contributed by atoms with Gasteiger partial charge in [0.05, 0.1) is 11.9 Å². The predicted molar refractivity (Wildman–Crippen MR) is 69.8 cm³/mol. The van der Waals surface area contributed by atoms with Crippen LogP contribution in [0.1, 0.15) is 23.0 Å². The number of hydrogen-bond acceptors (Lipinski definition) is 5. The van der Waals surface area contributed by atoms with Gasteiger partial charge in [-0.1, -0.05) is 0 Å². The smallest absolute Gasteiger partial charge is 0.291 e. The Hall–Kier alpha value is -2.76. The van der Waals surface area contributed by atoms with E-state index in [0.717, 1.165) is 5.56 Å². The number of hydrazone groups is 1. The zero-order valence-corrected chi connectivity index (χ0v) is 10.2. The summed E-state index contributed by atoms with van der Waals surface area (Å²) in [5, 5.41) is 13.1. The van der Waals surface area contributed by atoms with Crippen LogP contribution in [0.25, 0.3) is 0 Å². The molecule has 6 heteroatoms. The second-order valence-corrected chi connectivity index (χ2v) is 3.78. The molecule has 0 saturated heterocycles. The molecule has 96 valence electrons. The Labute approximate surface area is 109 Å². The molecule has 0 fully saturated rings. The maximum atomic E-state index is 11.7. The van der Waals surface area contributed by atoms with Gasteiger partial charge < -0.3 is 5.11 Å². The topological polar surface area (TPSA) is 87.5 Å². The summed E-state index contributed by atoms with van der Waals surface area (Å²) in [6.07, 6.45) is 4.29. The molecule has 1 heterocycles. The standard InChI is InChI=1S/C13H12N4O2/c1-9(10-2-4-11(18)5-3-10)16-17-13(19)12-8-14-6-7-15-12/h2-8,18H,1H3,(H,17,19)/b16-9-. The van der Waals surface area contributed by atoms with E-state index in [9.17, 15) is 9.90 Å². The lowest BCUT2D eigenvalue weighted by atomic mass is 10.1. The number of phenolic OH excluding ortho intramolecular Hbond substituents is 1. The van der Waals surface area contributed by atoms with Crippen molar-refractivity contribution in [3.8, 4) is 5.75 Å². The maximum absolute atomic E-state index is 11.7. The fraction of sp³-hybridized carbons (Fsp3) is 0.0769. The molecular formula is C13H12N4O2. The molecule has 2 rings (SSSR count). The van der Waals surface area contributed by atoms with Gasteiger partial charge in [0, 0.05) is 12.4 Å². The van der Waals surface area contributed by atoms with Crippen LogP contribution in [0.15, 0.2) is 48.0 Å². The highest BCUT2D eigenvalue weighted by atomic mass is 16.3. The summed E-state index contributed by atoms with van der Waals surface area (Å²) in [6, 6.07) is 6.53. The van der Waals surface area contributed by atoms with Crippen LogP contribution in [0.3, 0.4) is 0 Å². The Morgan fingerprint density at radius 1 is 1.26 bits per heavy atom. The van der Waals surface area contributed by atoms with Gasteiger partial charge in [-0.05, 0) is 36.8 Å². The second-order valence-electron chi connectivity index (χ2n) is 3.78. The first-order valence-corrected chi connectivity index (χ1v) is 5.57. The molecule has 1 aromatic carbocycles. The van der Waals surface area contributed by atoms with Crippen molar-refractivity contribution in [3.63, 3.8) is 0 Å². The molecule has 2 N–H and O–H groups in total. The first-order valence-electron chi connectivity index (χ1n) is 5.57. The van der Waals surface area contributed by atoms with Gasteiger partial charge in [0.1, 0.15) is 11.4 Å². The Morgan fingerprint density at radius 2 is 2.00 bits per heavy atom. The van der Waals surface area contributed by atoms with E-state index in [0.29, 0.717) is 5.71 Å². The van der Waals surface area contributed by atoms with Crippen molar-refractivity contribution in [1.82, 2.24) is 15.4 Å². The van der Waals surface area contributed by atoms with Crippen molar-refractivity contribution >= 4 is 11.6 Å². The third kappa shape index (κ3) is 3.35. The molecule has 0 aliphatic heterocycles. The number of nitrogens with zero attached hydrogens (tertiary/aromatic N) is 3. The van der Waals surface area contributed by atoms with Crippen molar-refractivity contribution in [3.05, 3.63) is 54.1 Å². The lowest BCUT2D eigenvalue weighted by molar-refractivity contribution is 0.0949. The van der Waals surface area contributed by atoms with Gasteiger partial charge in [-0.25, -0.2) is 10.4 Å². The number of aromatic hydroxyl groups is 1. The Morgan fingerprint density at radius 3 is 2.63 bits per heavy atom. The lowest BCUT2D eigenvalue weighted by Crippen LogP contribution is -2.20. The van der Waals surface area contributed by atoms with Crippen molar-refractivity contribution in [2.24, 2.45) is 5.10 Å². The number of carbonyl (C=O) groups is 1. The molecule has 1 aromatic heterocycles. The number of rotatable bonds is 3. The third-order valence-electron chi connectivity index (χ3n) is 2.41. The van der Waals surface area contributed by atoms with Gasteiger partial charge >= 0.3 is 0 Å². The van der Waals surface area contributed by atoms with Crippen LogP contribution >= 0.6 is 0 Å². The van der Waals surface area contributed by atoms with E-state index in [-0.39, 0.29) is 11.4 Å². The van der Waals surface area contributed by atoms with E-state index in [2.05, 4.69) is 20.5 Å². The molecule has 19 heavy (non-hydrogen) atoms. The third-order valence-corrected chi connectivity index (χ3v) is 2.41. The number of benzene rings is 1. The summed E-state index contributed by atoms with van der Waals surface area (Å²) in [6.45, 7) is 1.75. The summed E-state index contributed by atoms with van der Waals surface area (Å²) in [4.78, 5) is 19.3. The summed E-state index contributed by atoms with van der Waals surface area (Å²) in [5.74, 6) is -0.244. The molecule has 0 atom stereocenters.